The fraction of sp³-hybridized carbons (Fsp3) is 0.571. The van der Waals surface area contributed by atoms with Crippen molar-refractivity contribution in [3.63, 3.8) is 0 Å². The van der Waals surface area contributed by atoms with Gasteiger partial charge < -0.3 is 14.4 Å². The molecule has 3 aliphatic carbocycles. The van der Waals surface area contributed by atoms with E-state index in [1.54, 1.807) is 0 Å². The summed E-state index contributed by atoms with van der Waals surface area (Å²) >= 11 is 12.9. The molecule has 1 aromatic carbocycles. The Labute approximate surface area is 168 Å². The molecule has 27 heavy (non-hydrogen) atoms. The summed E-state index contributed by atoms with van der Waals surface area (Å²) in [7, 11) is 0. The van der Waals surface area contributed by atoms with E-state index in [1.165, 1.54) is 0 Å². The highest BCUT2D eigenvalue weighted by Gasteiger charge is 2.43. The molecule has 6 heteroatoms. The largest absolute Gasteiger partial charge is 0.393 e. The Morgan fingerprint density at radius 1 is 1.07 bits per heavy atom. The molecule has 1 heterocycles. The van der Waals surface area contributed by atoms with Gasteiger partial charge in [0.25, 0.3) is 0 Å². The number of aliphatic hydroxyl groups excluding tert-OH is 1. The molecule has 0 saturated heterocycles. The van der Waals surface area contributed by atoms with Crippen molar-refractivity contribution in [1.82, 2.24) is 5.16 Å². The summed E-state index contributed by atoms with van der Waals surface area (Å²) in [5, 5.41) is 15.5. The molecule has 0 amide bonds. The zero-order valence-electron chi connectivity index (χ0n) is 15.0. The first-order valence-corrected chi connectivity index (χ1v) is 10.6. The summed E-state index contributed by atoms with van der Waals surface area (Å²) in [6, 6.07) is 5.47. The summed E-state index contributed by atoms with van der Waals surface area (Å²) < 4.78 is 12.1. The summed E-state index contributed by atoms with van der Waals surface area (Å²) in [4.78, 5) is 0. The van der Waals surface area contributed by atoms with Gasteiger partial charge in [-0.25, -0.2) is 0 Å². The zero-order chi connectivity index (χ0) is 18.5. The smallest absolute Gasteiger partial charge is 0.145 e. The number of fused-ring (bicyclic) bond motifs is 2. The molecule has 3 saturated carbocycles. The molecule has 1 aromatic heterocycles. The maximum absolute atomic E-state index is 10.0. The lowest BCUT2D eigenvalue weighted by Crippen LogP contribution is -2.35. The molecule has 2 unspecified atom stereocenters. The topological polar surface area (TPSA) is 55.5 Å². The number of nitrogens with zero attached hydrogens (tertiary/aromatic N) is 1. The highest BCUT2D eigenvalue weighted by molar-refractivity contribution is 6.39. The monoisotopic (exact) mass is 407 g/mol. The van der Waals surface area contributed by atoms with Gasteiger partial charge >= 0.3 is 0 Å². The quantitative estimate of drug-likeness (QED) is 0.701. The molecule has 4 nitrogen and oxygen atoms in total. The van der Waals surface area contributed by atoms with Gasteiger partial charge in [-0.3, -0.25) is 0 Å². The van der Waals surface area contributed by atoms with Crippen molar-refractivity contribution in [2.24, 2.45) is 11.8 Å². The van der Waals surface area contributed by atoms with Crippen LogP contribution in [0.3, 0.4) is 0 Å². The molecule has 5 rings (SSSR count). The second kappa shape index (κ2) is 7.07. The van der Waals surface area contributed by atoms with Crippen LogP contribution in [0, 0.1) is 11.8 Å². The first-order valence-electron chi connectivity index (χ1n) is 9.84. The highest BCUT2D eigenvalue weighted by atomic mass is 35.5. The number of aliphatic hydroxyl groups is 1. The SMILES string of the molecule is OC1CC2CCC(C1)C2OCc1c(-c2c(Cl)cccc2Cl)noc1C1CC1. The number of hydrogen-bond acceptors (Lipinski definition) is 4. The molecule has 0 aliphatic heterocycles. The van der Waals surface area contributed by atoms with Crippen molar-refractivity contribution in [3.8, 4) is 11.3 Å². The van der Waals surface area contributed by atoms with E-state index in [9.17, 15) is 5.11 Å². The van der Waals surface area contributed by atoms with Crippen LogP contribution in [0.5, 0.6) is 0 Å². The van der Waals surface area contributed by atoms with E-state index in [0.717, 1.165) is 55.4 Å². The van der Waals surface area contributed by atoms with Crippen LogP contribution in [0.2, 0.25) is 10.0 Å². The van der Waals surface area contributed by atoms with Crippen molar-refractivity contribution in [2.75, 3.05) is 0 Å². The Balaban J connectivity index is 1.44. The average molecular weight is 408 g/mol. The van der Waals surface area contributed by atoms with Gasteiger partial charge in [0, 0.05) is 17.0 Å². The van der Waals surface area contributed by atoms with E-state index >= 15 is 0 Å². The second-order valence-electron chi connectivity index (χ2n) is 8.24. The number of hydrogen-bond donors (Lipinski definition) is 1. The molecule has 1 N–H and O–H groups in total. The minimum Gasteiger partial charge on any atom is -0.393 e. The number of halogens is 2. The Morgan fingerprint density at radius 2 is 1.74 bits per heavy atom. The average Bonchev–Trinajstić information content (AvgIpc) is 3.34. The minimum atomic E-state index is -0.169. The standard InChI is InChI=1S/C21H23Cl2NO3/c22-16-2-1-3-17(23)18(16)19-15(21(27-24-19)11-4-5-11)10-26-20-12-6-7-13(20)9-14(25)8-12/h1-3,11-14,20,25H,4-10H2. The molecule has 3 aliphatic rings. The Kier molecular flexibility index (Phi) is 4.71. The van der Waals surface area contributed by atoms with E-state index in [-0.39, 0.29) is 12.2 Å². The third-order valence-electron chi connectivity index (χ3n) is 6.37. The Bertz CT molecular complexity index is 814. The van der Waals surface area contributed by atoms with Gasteiger partial charge in [-0.2, -0.15) is 0 Å². The van der Waals surface area contributed by atoms with Crippen molar-refractivity contribution >= 4 is 23.2 Å². The van der Waals surface area contributed by atoms with Crippen LogP contribution in [-0.4, -0.2) is 22.5 Å². The molecule has 2 atom stereocenters. The second-order valence-corrected chi connectivity index (χ2v) is 9.06. The molecular weight excluding hydrogens is 385 g/mol. The van der Waals surface area contributed by atoms with Gasteiger partial charge in [-0.1, -0.05) is 34.4 Å². The van der Waals surface area contributed by atoms with Gasteiger partial charge in [0.05, 0.1) is 28.9 Å². The van der Waals surface area contributed by atoms with Crippen molar-refractivity contribution < 1.29 is 14.4 Å². The molecule has 2 aromatic rings. The molecule has 2 bridgehead atoms. The Hall–Kier alpha value is -1.07. The maximum Gasteiger partial charge on any atom is 0.145 e. The molecule has 3 fully saturated rings. The third kappa shape index (κ3) is 3.31. The fourth-order valence-electron chi connectivity index (χ4n) is 4.94. The van der Waals surface area contributed by atoms with Crippen LogP contribution in [0.4, 0.5) is 0 Å². The normalized spacial score (nSPS) is 30.0. The van der Waals surface area contributed by atoms with Crippen molar-refractivity contribution in [1.29, 1.82) is 0 Å². The van der Waals surface area contributed by atoms with Gasteiger partial charge in [0.2, 0.25) is 0 Å². The van der Waals surface area contributed by atoms with E-state index in [1.807, 2.05) is 18.2 Å². The van der Waals surface area contributed by atoms with Gasteiger partial charge in [0.15, 0.2) is 0 Å². The predicted octanol–water partition coefficient (Wildman–Crippen LogP) is 5.59. The summed E-state index contributed by atoms with van der Waals surface area (Å²) in [6.07, 6.45) is 6.29. The molecule has 0 spiro atoms. The highest BCUT2D eigenvalue weighted by Crippen LogP contribution is 2.48. The minimum absolute atomic E-state index is 0.169. The zero-order valence-corrected chi connectivity index (χ0v) is 16.5. The summed E-state index contributed by atoms with van der Waals surface area (Å²) in [6.45, 7) is 0.458. The number of rotatable bonds is 5. The first kappa shape index (κ1) is 18.0. The molecular formula is C21H23Cl2NO3. The lowest BCUT2D eigenvalue weighted by Gasteiger charge is -2.33. The molecule has 144 valence electrons. The van der Waals surface area contributed by atoms with Crippen LogP contribution < -0.4 is 0 Å². The summed E-state index contributed by atoms with van der Waals surface area (Å²) in [5.74, 6) is 2.26. The van der Waals surface area contributed by atoms with E-state index < -0.39 is 0 Å². The van der Waals surface area contributed by atoms with E-state index in [4.69, 9.17) is 32.5 Å². The van der Waals surface area contributed by atoms with E-state index in [2.05, 4.69) is 5.16 Å². The van der Waals surface area contributed by atoms with Crippen LogP contribution >= 0.6 is 23.2 Å². The van der Waals surface area contributed by atoms with Gasteiger partial charge in [0.1, 0.15) is 11.5 Å². The maximum atomic E-state index is 10.0. The molecule has 0 radical (unpaired) electrons. The predicted molar refractivity (Wildman–Crippen MR) is 104 cm³/mol. The summed E-state index contributed by atoms with van der Waals surface area (Å²) in [5.41, 5.74) is 2.41. The lowest BCUT2D eigenvalue weighted by atomic mass is 9.84. The number of benzene rings is 1. The number of aromatic nitrogens is 1. The van der Waals surface area contributed by atoms with Crippen molar-refractivity contribution in [3.05, 3.63) is 39.6 Å². The first-order chi connectivity index (χ1) is 13.1. The van der Waals surface area contributed by atoms with Crippen LogP contribution in [-0.2, 0) is 11.3 Å². The number of ether oxygens (including phenoxy) is 1. The van der Waals surface area contributed by atoms with E-state index in [0.29, 0.717) is 40.1 Å². The van der Waals surface area contributed by atoms with Gasteiger partial charge in [-0.05, 0) is 62.5 Å². The third-order valence-corrected chi connectivity index (χ3v) is 7.00. The van der Waals surface area contributed by atoms with Crippen LogP contribution in [0.15, 0.2) is 22.7 Å². The lowest BCUT2D eigenvalue weighted by molar-refractivity contribution is -0.0591. The fourth-order valence-corrected chi connectivity index (χ4v) is 5.52. The Morgan fingerprint density at radius 3 is 2.37 bits per heavy atom. The van der Waals surface area contributed by atoms with Gasteiger partial charge in [-0.15, -0.1) is 0 Å². The van der Waals surface area contributed by atoms with Crippen LogP contribution in [0.25, 0.3) is 11.3 Å². The van der Waals surface area contributed by atoms with Crippen LogP contribution in [0.1, 0.15) is 55.8 Å². The van der Waals surface area contributed by atoms with Crippen molar-refractivity contribution in [2.45, 2.75) is 63.3 Å².